The fourth-order valence-electron chi connectivity index (χ4n) is 3.49. The highest BCUT2D eigenvalue weighted by molar-refractivity contribution is 5.83. The van der Waals surface area contributed by atoms with Crippen molar-refractivity contribution in [2.24, 2.45) is 0 Å². The van der Waals surface area contributed by atoms with E-state index in [2.05, 4.69) is 35.6 Å². The van der Waals surface area contributed by atoms with Crippen LogP contribution < -0.4 is 4.90 Å². The normalized spacial score (nSPS) is 16.5. The number of halogens is 1. The van der Waals surface area contributed by atoms with Gasteiger partial charge in [0.25, 0.3) is 0 Å². The van der Waals surface area contributed by atoms with Crippen LogP contribution >= 0.6 is 0 Å². The van der Waals surface area contributed by atoms with E-state index in [1.54, 1.807) is 19.9 Å². The van der Waals surface area contributed by atoms with Gasteiger partial charge in [-0.1, -0.05) is 18.6 Å². The Balaban J connectivity index is 2.31. The molecular formula is C24H32FNO2. The lowest BCUT2D eigenvalue weighted by molar-refractivity contribution is -0.134. The SMILES string of the molecule is COC(=O)C=C(C)C=CC(F)=C(C)c1ccc2c(c1)CCCCCN2C(C)C. The summed E-state index contributed by atoms with van der Waals surface area (Å²) < 4.78 is 19.3. The van der Waals surface area contributed by atoms with E-state index in [9.17, 15) is 9.18 Å². The molecule has 0 bridgehead atoms. The molecule has 1 aliphatic rings. The number of benzene rings is 1. The number of aryl methyl sites for hydroxylation is 1. The molecular weight excluding hydrogens is 353 g/mol. The number of hydrogen-bond donors (Lipinski definition) is 0. The molecule has 0 atom stereocenters. The lowest BCUT2D eigenvalue weighted by atomic mass is 9.95. The summed E-state index contributed by atoms with van der Waals surface area (Å²) in [5.74, 6) is -0.747. The van der Waals surface area contributed by atoms with Gasteiger partial charge in [-0.15, -0.1) is 0 Å². The van der Waals surface area contributed by atoms with Crippen molar-refractivity contribution in [3.63, 3.8) is 0 Å². The van der Waals surface area contributed by atoms with Crippen LogP contribution in [-0.2, 0) is 16.0 Å². The maximum absolute atomic E-state index is 14.7. The van der Waals surface area contributed by atoms with Gasteiger partial charge < -0.3 is 9.64 Å². The molecule has 2 rings (SSSR count). The number of esters is 1. The highest BCUT2D eigenvalue weighted by Crippen LogP contribution is 2.31. The van der Waals surface area contributed by atoms with Gasteiger partial charge in [-0.3, -0.25) is 0 Å². The number of allylic oxidation sites excluding steroid dienone is 5. The number of methoxy groups -OCH3 is 1. The van der Waals surface area contributed by atoms with Crippen molar-refractivity contribution in [3.05, 3.63) is 59.0 Å². The average Bonchev–Trinajstić information content (AvgIpc) is 2.65. The van der Waals surface area contributed by atoms with Crippen LogP contribution in [0.15, 0.2) is 47.8 Å². The smallest absolute Gasteiger partial charge is 0.330 e. The molecule has 0 unspecified atom stereocenters. The lowest BCUT2D eigenvalue weighted by Crippen LogP contribution is -2.33. The second-order valence-electron chi connectivity index (χ2n) is 7.66. The summed E-state index contributed by atoms with van der Waals surface area (Å²) in [7, 11) is 1.32. The summed E-state index contributed by atoms with van der Waals surface area (Å²) >= 11 is 0. The zero-order valence-corrected chi connectivity index (χ0v) is 17.7. The highest BCUT2D eigenvalue weighted by atomic mass is 19.1. The van der Waals surface area contributed by atoms with Crippen LogP contribution in [0, 0.1) is 0 Å². The first-order valence-electron chi connectivity index (χ1n) is 10.0. The number of hydrogen-bond acceptors (Lipinski definition) is 3. The van der Waals surface area contributed by atoms with Crippen molar-refractivity contribution < 1.29 is 13.9 Å². The molecule has 0 radical (unpaired) electrons. The van der Waals surface area contributed by atoms with Gasteiger partial charge in [0.2, 0.25) is 0 Å². The first kappa shape index (κ1) is 21.9. The highest BCUT2D eigenvalue weighted by Gasteiger charge is 2.17. The van der Waals surface area contributed by atoms with Gasteiger partial charge in [-0.2, -0.15) is 0 Å². The van der Waals surface area contributed by atoms with Crippen molar-refractivity contribution in [1.29, 1.82) is 0 Å². The number of rotatable bonds is 5. The van der Waals surface area contributed by atoms with Crippen LogP contribution in [0.1, 0.15) is 58.1 Å². The molecule has 0 saturated carbocycles. The van der Waals surface area contributed by atoms with Crippen molar-refractivity contribution >= 4 is 17.2 Å². The Morgan fingerprint density at radius 1 is 1.18 bits per heavy atom. The van der Waals surface area contributed by atoms with Crippen molar-refractivity contribution in [3.8, 4) is 0 Å². The molecule has 1 aliphatic heterocycles. The zero-order valence-electron chi connectivity index (χ0n) is 17.7. The van der Waals surface area contributed by atoms with E-state index in [1.807, 2.05) is 6.07 Å². The molecule has 0 fully saturated rings. The van der Waals surface area contributed by atoms with Gasteiger partial charge >= 0.3 is 5.97 Å². The summed E-state index contributed by atoms with van der Waals surface area (Å²) in [5, 5.41) is 0. The topological polar surface area (TPSA) is 29.5 Å². The maximum Gasteiger partial charge on any atom is 0.330 e. The molecule has 3 nitrogen and oxygen atoms in total. The monoisotopic (exact) mass is 385 g/mol. The Bertz CT molecular complexity index is 790. The standard InChI is InChI=1S/C24H32FNO2/c1-17(2)26-14-8-6-7-9-21-16-20(11-13-23(21)26)19(4)22(25)12-10-18(3)15-24(27)28-5/h10-13,15-17H,6-9,14H2,1-5H3. The second-order valence-corrected chi connectivity index (χ2v) is 7.66. The Labute approximate surface area is 168 Å². The molecule has 0 N–H and O–H groups in total. The quantitative estimate of drug-likeness (QED) is 0.353. The van der Waals surface area contributed by atoms with E-state index in [0.29, 0.717) is 17.2 Å². The zero-order chi connectivity index (χ0) is 20.7. The van der Waals surface area contributed by atoms with E-state index in [0.717, 1.165) is 18.5 Å². The van der Waals surface area contributed by atoms with Gasteiger partial charge in [0.05, 0.1) is 7.11 Å². The number of carbonyl (C=O) groups excluding carboxylic acids is 1. The van der Waals surface area contributed by atoms with Crippen LogP contribution in [0.25, 0.3) is 5.57 Å². The van der Waals surface area contributed by atoms with E-state index in [-0.39, 0.29) is 5.83 Å². The van der Waals surface area contributed by atoms with Crippen LogP contribution in [-0.4, -0.2) is 25.7 Å². The van der Waals surface area contributed by atoms with Gasteiger partial charge in [0.1, 0.15) is 5.83 Å². The first-order valence-corrected chi connectivity index (χ1v) is 10.0. The molecule has 4 heteroatoms. The fraction of sp³-hybridized carbons (Fsp3) is 0.458. The average molecular weight is 386 g/mol. The number of anilines is 1. The molecule has 1 aromatic rings. The van der Waals surface area contributed by atoms with Crippen LogP contribution in [0.2, 0.25) is 0 Å². The van der Waals surface area contributed by atoms with Gasteiger partial charge in [0, 0.05) is 24.4 Å². The number of ether oxygens (including phenoxy) is 1. The second kappa shape index (κ2) is 10.3. The number of carbonyl (C=O) groups is 1. The molecule has 0 amide bonds. The molecule has 28 heavy (non-hydrogen) atoms. The van der Waals surface area contributed by atoms with Crippen LogP contribution in [0.4, 0.5) is 10.1 Å². The maximum atomic E-state index is 14.7. The molecule has 0 saturated heterocycles. The summed E-state index contributed by atoms with van der Waals surface area (Å²) in [6.45, 7) is 9.05. The van der Waals surface area contributed by atoms with Crippen LogP contribution in [0.5, 0.6) is 0 Å². The summed E-state index contributed by atoms with van der Waals surface area (Å²) in [6.07, 6.45) is 8.97. The van der Waals surface area contributed by atoms with Gasteiger partial charge in [-0.05, 0) is 87.4 Å². The summed E-state index contributed by atoms with van der Waals surface area (Å²) in [5.41, 5.74) is 4.71. The third kappa shape index (κ3) is 5.82. The van der Waals surface area contributed by atoms with Crippen molar-refractivity contribution in [2.75, 3.05) is 18.6 Å². The largest absolute Gasteiger partial charge is 0.466 e. The fourth-order valence-corrected chi connectivity index (χ4v) is 3.49. The van der Waals surface area contributed by atoms with Gasteiger partial charge in [-0.25, -0.2) is 9.18 Å². The molecule has 1 heterocycles. The molecule has 152 valence electrons. The Morgan fingerprint density at radius 3 is 2.61 bits per heavy atom. The number of nitrogens with zero attached hydrogens (tertiary/aromatic N) is 1. The Morgan fingerprint density at radius 2 is 1.93 bits per heavy atom. The lowest BCUT2D eigenvalue weighted by Gasteiger charge is -2.33. The summed E-state index contributed by atoms with van der Waals surface area (Å²) in [6, 6.07) is 6.73. The summed E-state index contributed by atoms with van der Waals surface area (Å²) in [4.78, 5) is 13.7. The predicted molar refractivity (Wildman–Crippen MR) is 115 cm³/mol. The molecule has 0 aliphatic carbocycles. The van der Waals surface area contributed by atoms with Crippen molar-refractivity contribution in [1.82, 2.24) is 0 Å². The van der Waals surface area contributed by atoms with Crippen molar-refractivity contribution in [2.45, 2.75) is 59.4 Å². The molecule has 0 aromatic heterocycles. The Hall–Kier alpha value is -2.36. The van der Waals surface area contributed by atoms with E-state index < -0.39 is 5.97 Å². The third-order valence-electron chi connectivity index (χ3n) is 5.19. The third-order valence-corrected chi connectivity index (χ3v) is 5.19. The predicted octanol–water partition coefficient (Wildman–Crippen LogP) is 6.00. The van der Waals surface area contributed by atoms with E-state index in [4.69, 9.17) is 0 Å². The Kier molecular flexibility index (Phi) is 8.04. The van der Waals surface area contributed by atoms with Crippen LogP contribution in [0.3, 0.4) is 0 Å². The first-order chi connectivity index (χ1) is 13.3. The van der Waals surface area contributed by atoms with E-state index in [1.165, 1.54) is 49.8 Å². The molecule has 1 aromatic carbocycles. The minimum atomic E-state index is -0.445. The van der Waals surface area contributed by atoms with Gasteiger partial charge in [0.15, 0.2) is 0 Å². The minimum absolute atomic E-state index is 0.302. The molecule has 0 spiro atoms. The minimum Gasteiger partial charge on any atom is -0.466 e. The van der Waals surface area contributed by atoms with E-state index >= 15 is 0 Å². The number of fused-ring (bicyclic) bond motifs is 1.